The van der Waals surface area contributed by atoms with Gasteiger partial charge in [0.15, 0.2) is 0 Å². The van der Waals surface area contributed by atoms with Crippen molar-refractivity contribution in [1.82, 2.24) is 14.9 Å². The number of nitrogens with one attached hydrogen (secondary N) is 2. The van der Waals surface area contributed by atoms with E-state index in [1.807, 2.05) is 26.2 Å². The predicted octanol–water partition coefficient (Wildman–Crippen LogP) is 5.16. The summed E-state index contributed by atoms with van der Waals surface area (Å²) >= 11 is 0. The van der Waals surface area contributed by atoms with Crippen molar-refractivity contribution < 1.29 is 0 Å². The number of piperidine rings is 1. The summed E-state index contributed by atoms with van der Waals surface area (Å²) in [6.07, 6.45) is 4.32. The topological polar surface area (TPSA) is 49.8 Å². The Hall–Kier alpha value is -2.59. The third-order valence-electron chi connectivity index (χ3n) is 6.18. The number of H-pyrrole nitrogens is 1. The molecule has 0 spiro atoms. The predicted molar refractivity (Wildman–Crippen MR) is 123 cm³/mol. The number of aromatic nitrogens is 2. The van der Waals surface area contributed by atoms with Gasteiger partial charge < -0.3 is 14.9 Å². The molecular formula is C25H31N3O. The lowest BCUT2D eigenvalue weighted by Gasteiger charge is -2.23. The zero-order valence-electron chi connectivity index (χ0n) is 17.9. The highest BCUT2D eigenvalue weighted by Crippen LogP contribution is 2.38. The number of rotatable bonds is 4. The van der Waals surface area contributed by atoms with Gasteiger partial charge in [0.2, 0.25) is 0 Å². The Bertz CT molecular complexity index is 1130. The first-order valence-corrected chi connectivity index (χ1v) is 10.6. The minimum Gasteiger partial charge on any atom is -0.354 e. The van der Waals surface area contributed by atoms with Gasteiger partial charge in [-0.2, -0.15) is 0 Å². The van der Waals surface area contributed by atoms with E-state index in [0.717, 1.165) is 35.4 Å². The maximum absolute atomic E-state index is 12.5. The monoisotopic (exact) mass is 389 g/mol. The van der Waals surface area contributed by atoms with E-state index in [4.69, 9.17) is 0 Å². The van der Waals surface area contributed by atoms with Crippen LogP contribution in [0.4, 0.5) is 0 Å². The Morgan fingerprint density at radius 1 is 1.21 bits per heavy atom. The molecule has 4 heteroatoms. The molecule has 0 saturated carbocycles. The molecule has 2 aromatic heterocycles. The fraction of sp³-hybridized carbons (Fsp3) is 0.400. The molecule has 1 aromatic carbocycles. The van der Waals surface area contributed by atoms with Gasteiger partial charge in [0, 0.05) is 35.3 Å². The molecule has 1 aliphatic rings. The van der Waals surface area contributed by atoms with E-state index in [1.165, 1.54) is 29.4 Å². The number of allylic oxidation sites excluding steroid dienone is 1. The van der Waals surface area contributed by atoms with Crippen LogP contribution < -0.4 is 10.9 Å². The first kappa shape index (κ1) is 19.7. The smallest absolute Gasteiger partial charge is 0.257 e. The average Bonchev–Trinajstić information content (AvgIpc) is 3.09. The Morgan fingerprint density at radius 2 is 1.93 bits per heavy atom. The van der Waals surface area contributed by atoms with Crippen molar-refractivity contribution in [3.63, 3.8) is 0 Å². The van der Waals surface area contributed by atoms with E-state index in [0.29, 0.717) is 17.4 Å². The van der Waals surface area contributed by atoms with E-state index in [1.54, 1.807) is 4.57 Å². The Balaban J connectivity index is 1.90. The molecule has 3 heterocycles. The average molecular weight is 390 g/mol. The third kappa shape index (κ3) is 3.58. The van der Waals surface area contributed by atoms with Crippen LogP contribution in [0.25, 0.3) is 27.7 Å². The van der Waals surface area contributed by atoms with Gasteiger partial charge >= 0.3 is 0 Å². The summed E-state index contributed by atoms with van der Waals surface area (Å²) in [6.45, 7) is 12.6. The van der Waals surface area contributed by atoms with Crippen molar-refractivity contribution >= 4 is 16.5 Å². The normalized spacial score (nSPS) is 15.3. The molecule has 0 aliphatic carbocycles. The summed E-state index contributed by atoms with van der Waals surface area (Å²) in [6, 6.07) is 8.88. The van der Waals surface area contributed by atoms with Crippen LogP contribution in [-0.4, -0.2) is 22.6 Å². The molecule has 0 bridgehead atoms. The van der Waals surface area contributed by atoms with E-state index >= 15 is 0 Å². The molecule has 0 unspecified atom stereocenters. The maximum atomic E-state index is 12.5. The van der Waals surface area contributed by atoms with Crippen molar-refractivity contribution in [2.75, 3.05) is 13.1 Å². The van der Waals surface area contributed by atoms with Crippen LogP contribution >= 0.6 is 0 Å². The number of aromatic amines is 1. The van der Waals surface area contributed by atoms with Gasteiger partial charge in [0.05, 0.1) is 5.69 Å². The van der Waals surface area contributed by atoms with Gasteiger partial charge in [-0.25, -0.2) is 0 Å². The van der Waals surface area contributed by atoms with Gasteiger partial charge in [0.25, 0.3) is 5.56 Å². The lowest BCUT2D eigenvalue weighted by molar-refractivity contribution is 0.460. The van der Waals surface area contributed by atoms with Crippen LogP contribution in [0.3, 0.4) is 0 Å². The molecule has 29 heavy (non-hydrogen) atoms. The summed E-state index contributed by atoms with van der Waals surface area (Å²) in [5, 5.41) is 4.76. The SMILES string of the molecule is C=C(C)c1cc(-c2[nH]c3ccc(C4CCNCC4)cc3c2C(C)C)cn(C)c1=O. The van der Waals surface area contributed by atoms with Gasteiger partial charge in [-0.15, -0.1) is 0 Å². The molecule has 0 atom stereocenters. The standard InChI is InChI=1S/C25H31N3O/c1-15(2)20-13-19(14-28(5)25(20)29)24-23(16(3)4)21-12-18(6-7-22(21)27-24)17-8-10-26-11-9-17/h6-7,12-14,16-17,26-27H,1,8-11H2,2-5H3. The van der Waals surface area contributed by atoms with Crippen molar-refractivity contribution in [2.45, 2.75) is 45.4 Å². The first-order valence-electron chi connectivity index (χ1n) is 10.6. The number of aryl methyl sites for hydroxylation is 1. The largest absolute Gasteiger partial charge is 0.354 e. The molecule has 4 nitrogen and oxygen atoms in total. The minimum absolute atomic E-state index is 0.00310. The van der Waals surface area contributed by atoms with Gasteiger partial charge in [-0.05, 0) is 79.6 Å². The quantitative estimate of drug-likeness (QED) is 0.648. The van der Waals surface area contributed by atoms with Crippen LogP contribution in [0, 0.1) is 0 Å². The second-order valence-corrected chi connectivity index (χ2v) is 8.74. The summed E-state index contributed by atoms with van der Waals surface area (Å²) in [5.74, 6) is 0.999. The third-order valence-corrected chi connectivity index (χ3v) is 6.18. The van der Waals surface area contributed by atoms with Crippen LogP contribution in [0.15, 0.2) is 41.8 Å². The summed E-state index contributed by atoms with van der Waals surface area (Å²) in [5.41, 5.74) is 7.53. The van der Waals surface area contributed by atoms with Crippen LogP contribution in [-0.2, 0) is 7.05 Å². The molecule has 152 valence electrons. The number of hydrogen-bond acceptors (Lipinski definition) is 2. The molecular weight excluding hydrogens is 358 g/mol. The fourth-order valence-corrected chi connectivity index (χ4v) is 4.62. The molecule has 1 saturated heterocycles. The number of nitrogens with zero attached hydrogens (tertiary/aromatic N) is 1. The molecule has 1 fully saturated rings. The van der Waals surface area contributed by atoms with Crippen molar-refractivity contribution in [3.05, 3.63) is 64.1 Å². The molecule has 0 amide bonds. The van der Waals surface area contributed by atoms with E-state index in [9.17, 15) is 4.79 Å². The van der Waals surface area contributed by atoms with Gasteiger partial charge in [-0.1, -0.05) is 26.5 Å². The number of pyridine rings is 1. The van der Waals surface area contributed by atoms with Gasteiger partial charge in [0.1, 0.15) is 0 Å². The first-order chi connectivity index (χ1) is 13.9. The molecule has 3 aromatic rings. The summed E-state index contributed by atoms with van der Waals surface area (Å²) < 4.78 is 1.66. The van der Waals surface area contributed by atoms with E-state index in [-0.39, 0.29) is 5.56 Å². The van der Waals surface area contributed by atoms with E-state index < -0.39 is 0 Å². The lowest BCUT2D eigenvalue weighted by Crippen LogP contribution is -2.26. The van der Waals surface area contributed by atoms with Crippen LogP contribution in [0.1, 0.15) is 62.1 Å². The summed E-state index contributed by atoms with van der Waals surface area (Å²) in [7, 11) is 1.81. The zero-order chi connectivity index (χ0) is 20.7. The molecule has 0 radical (unpaired) electrons. The minimum atomic E-state index is -0.00310. The highest BCUT2D eigenvalue weighted by atomic mass is 16.1. The second-order valence-electron chi connectivity index (χ2n) is 8.74. The number of hydrogen-bond donors (Lipinski definition) is 2. The van der Waals surface area contributed by atoms with Crippen molar-refractivity contribution in [3.8, 4) is 11.3 Å². The number of benzene rings is 1. The second kappa shape index (κ2) is 7.68. The van der Waals surface area contributed by atoms with Crippen molar-refractivity contribution in [2.24, 2.45) is 7.05 Å². The fourth-order valence-electron chi connectivity index (χ4n) is 4.62. The molecule has 2 N–H and O–H groups in total. The van der Waals surface area contributed by atoms with Gasteiger partial charge in [-0.3, -0.25) is 4.79 Å². The van der Waals surface area contributed by atoms with E-state index in [2.05, 4.69) is 48.9 Å². The van der Waals surface area contributed by atoms with Crippen LogP contribution in [0.2, 0.25) is 0 Å². The Kier molecular flexibility index (Phi) is 5.22. The Labute approximate surface area is 172 Å². The van der Waals surface area contributed by atoms with Crippen LogP contribution in [0.5, 0.6) is 0 Å². The highest BCUT2D eigenvalue weighted by Gasteiger charge is 2.21. The molecule has 4 rings (SSSR count). The van der Waals surface area contributed by atoms with Crippen molar-refractivity contribution in [1.29, 1.82) is 0 Å². The molecule has 1 aliphatic heterocycles. The maximum Gasteiger partial charge on any atom is 0.257 e. The lowest BCUT2D eigenvalue weighted by atomic mass is 9.88. The summed E-state index contributed by atoms with van der Waals surface area (Å²) in [4.78, 5) is 16.1. The Morgan fingerprint density at radius 3 is 2.59 bits per heavy atom. The zero-order valence-corrected chi connectivity index (χ0v) is 17.9. The number of fused-ring (bicyclic) bond motifs is 1. The highest BCUT2D eigenvalue weighted by molar-refractivity contribution is 5.92.